The lowest BCUT2D eigenvalue weighted by molar-refractivity contribution is -0.119. The van der Waals surface area contributed by atoms with E-state index in [2.05, 4.69) is 26.1 Å². The zero-order valence-corrected chi connectivity index (χ0v) is 15.3. The number of thioether (sulfide) groups is 1. The van der Waals surface area contributed by atoms with Gasteiger partial charge in [-0.15, -0.1) is 21.5 Å². The van der Waals surface area contributed by atoms with Crippen molar-refractivity contribution in [3.63, 3.8) is 0 Å². The number of urea groups is 1. The number of nitrogens with zero attached hydrogens (tertiary/aromatic N) is 2. The Labute approximate surface area is 146 Å². The molecular formula is C13H17N5O2S3. The third-order valence-corrected chi connectivity index (χ3v) is 4.98. The summed E-state index contributed by atoms with van der Waals surface area (Å²) in [7, 11) is 0. The molecule has 0 unspecified atom stereocenters. The van der Waals surface area contributed by atoms with Crippen molar-refractivity contribution >= 4 is 56.5 Å². The highest BCUT2D eigenvalue weighted by molar-refractivity contribution is 8.01. The van der Waals surface area contributed by atoms with E-state index in [0.717, 1.165) is 5.00 Å². The van der Waals surface area contributed by atoms with Crippen molar-refractivity contribution in [1.29, 1.82) is 0 Å². The van der Waals surface area contributed by atoms with E-state index < -0.39 is 0 Å². The molecule has 2 heterocycles. The van der Waals surface area contributed by atoms with Gasteiger partial charge in [0.1, 0.15) is 0 Å². The highest BCUT2D eigenvalue weighted by Gasteiger charge is 2.15. The standard InChI is InChI=1S/C13H17N5O2S3/c1-13(2,3)16-8(19)7-22-12-18-17-11(23-12)15-10(20)14-9-5-4-6-21-9/h4-6H,7H2,1-3H3,(H,16,19)(H2,14,15,17,20). The van der Waals surface area contributed by atoms with E-state index in [0.29, 0.717) is 9.47 Å². The number of carbonyl (C=O) groups is 2. The number of hydrogen-bond acceptors (Lipinski definition) is 7. The number of thiophene rings is 1. The zero-order chi connectivity index (χ0) is 16.9. The first-order valence-corrected chi connectivity index (χ1v) is 9.39. The molecule has 2 aromatic heterocycles. The Morgan fingerprint density at radius 2 is 2.04 bits per heavy atom. The van der Waals surface area contributed by atoms with E-state index in [9.17, 15) is 9.59 Å². The molecule has 3 amide bonds. The van der Waals surface area contributed by atoms with Gasteiger partial charge in [-0.1, -0.05) is 23.1 Å². The smallest absolute Gasteiger partial charge is 0.326 e. The van der Waals surface area contributed by atoms with Crippen LogP contribution in [0.1, 0.15) is 20.8 Å². The average molecular weight is 372 g/mol. The fourth-order valence-corrected chi connectivity index (χ4v) is 3.65. The molecule has 0 aromatic carbocycles. The third-order valence-electron chi connectivity index (χ3n) is 2.23. The van der Waals surface area contributed by atoms with Gasteiger partial charge in [0.25, 0.3) is 0 Å². The number of anilines is 2. The van der Waals surface area contributed by atoms with Gasteiger partial charge in [-0.05, 0) is 38.3 Å². The first-order valence-electron chi connectivity index (χ1n) is 6.71. The van der Waals surface area contributed by atoms with Crippen molar-refractivity contribution in [3.8, 4) is 0 Å². The first kappa shape index (κ1) is 17.7. The monoisotopic (exact) mass is 371 g/mol. The zero-order valence-electron chi connectivity index (χ0n) is 12.9. The lowest BCUT2D eigenvalue weighted by Gasteiger charge is -2.19. The van der Waals surface area contributed by atoms with Crippen LogP contribution in [0.5, 0.6) is 0 Å². The van der Waals surface area contributed by atoms with Gasteiger partial charge in [-0.2, -0.15) is 0 Å². The Bertz CT molecular complexity index is 663. The van der Waals surface area contributed by atoms with Gasteiger partial charge in [0.05, 0.1) is 10.8 Å². The maximum absolute atomic E-state index is 11.8. The molecule has 0 saturated carbocycles. The molecule has 124 valence electrons. The minimum absolute atomic E-state index is 0.0670. The number of carbonyl (C=O) groups excluding carboxylic acids is 2. The molecule has 0 aliphatic carbocycles. The van der Waals surface area contributed by atoms with Crippen LogP contribution in [0.25, 0.3) is 0 Å². The topological polar surface area (TPSA) is 96.0 Å². The van der Waals surface area contributed by atoms with Crippen LogP contribution in [0.3, 0.4) is 0 Å². The van der Waals surface area contributed by atoms with Gasteiger partial charge in [-0.3, -0.25) is 15.4 Å². The van der Waals surface area contributed by atoms with Crippen molar-refractivity contribution in [2.75, 3.05) is 16.4 Å². The molecule has 2 rings (SSSR count). The number of aromatic nitrogens is 2. The average Bonchev–Trinajstić information content (AvgIpc) is 3.06. The first-order chi connectivity index (χ1) is 10.8. The molecule has 0 saturated heterocycles. The largest absolute Gasteiger partial charge is 0.351 e. The summed E-state index contributed by atoms with van der Waals surface area (Å²) in [6, 6.07) is 3.29. The molecule has 0 aliphatic heterocycles. The summed E-state index contributed by atoms with van der Waals surface area (Å²) in [6.45, 7) is 5.78. The van der Waals surface area contributed by atoms with Crippen molar-refractivity contribution in [3.05, 3.63) is 17.5 Å². The van der Waals surface area contributed by atoms with Crippen molar-refractivity contribution in [1.82, 2.24) is 15.5 Å². The highest BCUT2D eigenvalue weighted by atomic mass is 32.2. The maximum atomic E-state index is 11.8. The van der Waals surface area contributed by atoms with Gasteiger partial charge in [-0.25, -0.2) is 4.79 Å². The lowest BCUT2D eigenvalue weighted by atomic mass is 10.1. The van der Waals surface area contributed by atoms with Crippen LogP contribution >= 0.6 is 34.4 Å². The van der Waals surface area contributed by atoms with Gasteiger partial charge < -0.3 is 5.32 Å². The lowest BCUT2D eigenvalue weighted by Crippen LogP contribution is -2.41. The van der Waals surface area contributed by atoms with Crippen molar-refractivity contribution in [2.45, 2.75) is 30.6 Å². The Balaban J connectivity index is 1.79. The van der Waals surface area contributed by atoms with Crippen LogP contribution in [0.4, 0.5) is 14.9 Å². The van der Waals surface area contributed by atoms with E-state index in [1.54, 1.807) is 6.07 Å². The summed E-state index contributed by atoms with van der Waals surface area (Å²) in [6.07, 6.45) is 0. The Morgan fingerprint density at radius 1 is 1.26 bits per heavy atom. The molecule has 0 bridgehead atoms. The number of rotatable bonds is 5. The second kappa shape index (κ2) is 7.75. The van der Waals surface area contributed by atoms with Gasteiger partial charge in [0.2, 0.25) is 11.0 Å². The van der Waals surface area contributed by atoms with Crippen LogP contribution in [0, 0.1) is 0 Å². The van der Waals surface area contributed by atoms with E-state index in [1.165, 1.54) is 34.4 Å². The SMILES string of the molecule is CC(C)(C)NC(=O)CSc1nnc(NC(=O)Nc2cccs2)s1. The summed E-state index contributed by atoms with van der Waals surface area (Å²) >= 11 is 3.94. The predicted octanol–water partition coefficient (Wildman–Crippen LogP) is 3.25. The van der Waals surface area contributed by atoms with E-state index in [4.69, 9.17) is 0 Å². The van der Waals surface area contributed by atoms with E-state index in [-0.39, 0.29) is 23.2 Å². The summed E-state index contributed by atoms with van der Waals surface area (Å²) in [5, 5.41) is 19.0. The minimum Gasteiger partial charge on any atom is -0.351 e. The molecule has 3 N–H and O–H groups in total. The molecular weight excluding hydrogens is 354 g/mol. The Kier molecular flexibility index (Phi) is 5.97. The second-order valence-electron chi connectivity index (χ2n) is 5.52. The van der Waals surface area contributed by atoms with E-state index >= 15 is 0 Å². The second-order valence-corrected chi connectivity index (χ2v) is 8.66. The summed E-state index contributed by atoms with van der Waals surface area (Å²) in [4.78, 5) is 23.5. The molecule has 0 atom stereocenters. The van der Waals surface area contributed by atoms with Gasteiger partial charge in [0.15, 0.2) is 4.34 Å². The van der Waals surface area contributed by atoms with Crippen molar-refractivity contribution in [2.24, 2.45) is 0 Å². The van der Waals surface area contributed by atoms with Crippen LogP contribution < -0.4 is 16.0 Å². The van der Waals surface area contributed by atoms with Crippen molar-refractivity contribution < 1.29 is 9.59 Å². The third kappa shape index (κ3) is 6.55. The van der Waals surface area contributed by atoms with Crippen LogP contribution in [0.2, 0.25) is 0 Å². The summed E-state index contributed by atoms with van der Waals surface area (Å²) < 4.78 is 0.625. The minimum atomic E-state index is -0.370. The Hall–Kier alpha value is -1.65. The predicted molar refractivity (Wildman–Crippen MR) is 95.5 cm³/mol. The molecule has 10 heteroatoms. The molecule has 23 heavy (non-hydrogen) atoms. The van der Waals surface area contributed by atoms with Gasteiger partial charge >= 0.3 is 6.03 Å². The quantitative estimate of drug-likeness (QED) is 0.554. The van der Waals surface area contributed by atoms with Crippen LogP contribution in [-0.2, 0) is 4.79 Å². The normalized spacial score (nSPS) is 11.1. The number of hydrogen-bond donors (Lipinski definition) is 3. The van der Waals surface area contributed by atoms with Crippen LogP contribution in [0.15, 0.2) is 21.9 Å². The maximum Gasteiger partial charge on any atom is 0.326 e. The number of amides is 3. The molecule has 7 nitrogen and oxygen atoms in total. The molecule has 0 spiro atoms. The fourth-order valence-electron chi connectivity index (χ4n) is 1.49. The number of nitrogens with one attached hydrogen (secondary N) is 3. The summed E-state index contributed by atoms with van der Waals surface area (Å²) in [5.41, 5.74) is -0.259. The Morgan fingerprint density at radius 3 is 2.70 bits per heavy atom. The van der Waals surface area contributed by atoms with E-state index in [1.807, 2.05) is 32.2 Å². The molecule has 2 aromatic rings. The molecule has 0 fully saturated rings. The fraction of sp³-hybridized carbons (Fsp3) is 0.385. The van der Waals surface area contributed by atoms with Gasteiger partial charge in [0, 0.05) is 5.54 Å². The van der Waals surface area contributed by atoms with Crippen LogP contribution in [-0.4, -0.2) is 33.4 Å². The molecule has 0 aliphatic rings. The highest BCUT2D eigenvalue weighted by Crippen LogP contribution is 2.25. The molecule has 0 radical (unpaired) electrons. The summed E-state index contributed by atoms with van der Waals surface area (Å²) in [5.74, 6) is 0.190.